The van der Waals surface area contributed by atoms with E-state index in [-0.39, 0.29) is 10.8 Å². The minimum Gasteiger partial charge on any atom is -0.0829 e. The van der Waals surface area contributed by atoms with E-state index in [0.29, 0.717) is 3.92 Å². The Hall–Kier alpha value is -2.65. The van der Waals surface area contributed by atoms with E-state index in [1.165, 1.54) is 70.2 Å². The van der Waals surface area contributed by atoms with Gasteiger partial charge in [-0.05, 0) is 93.0 Å². The van der Waals surface area contributed by atoms with Crippen LogP contribution in [0.5, 0.6) is 0 Å². The molecule has 0 saturated carbocycles. The molecule has 1 atom stereocenters. The maximum Gasteiger partial charge on any atom is 0.00896 e. The normalized spacial score (nSPS) is 14.4. The van der Waals surface area contributed by atoms with E-state index in [1.807, 2.05) is 0 Å². The van der Waals surface area contributed by atoms with E-state index in [1.54, 1.807) is 5.56 Å². The second-order valence-corrected chi connectivity index (χ2v) is 14.9. The molecule has 7 aromatic rings. The van der Waals surface area contributed by atoms with Crippen LogP contribution in [0.25, 0.3) is 64.6 Å². The minimum atomic E-state index is -0.0121. The molecule has 7 aromatic carbocycles. The summed E-state index contributed by atoms with van der Waals surface area (Å²) in [5.41, 5.74) is 3.05. The molecule has 0 aliphatic rings. The average molecular weight is 593 g/mol. The molecule has 184 valence electrons. The van der Waals surface area contributed by atoms with Gasteiger partial charge in [0, 0.05) is 3.92 Å². The number of rotatable bonds is 3. The summed E-state index contributed by atoms with van der Waals surface area (Å²) in [6, 6.07) is 27.7. The topological polar surface area (TPSA) is 0 Å². The summed E-state index contributed by atoms with van der Waals surface area (Å²) in [5, 5.41) is 17.2. The Balaban J connectivity index is 1.92. The smallest absolute Gasteiger partial charge is 0.00896 e. The quantitative estimate of drug-likeness (QED) is 0.141. The highest BCUT2D eigenvalue weighted by atomic mass is 127. The van der Waals surface area contributed by atoms with Gasteiger partial charge in [-0.25, -0.2) is 0 Å². The van der Waals surface area contributed by atoms with Crippen molar-refractivity contribution in [2.24, 2.45) is 0 Å². The van der Waals surface area contributed by atoms with Crippen molar-refractivity contribution in [3.8, 4) is 0 Å². The molecular weight excluding hydrogens is 559 g/mol. The highest BCUT2D eigenvalue weighted by Gasteiger charge is 2.35. The van der Waals surface area contributed by atoms with Gasteiger partial charge in [-0.15, -0.1) is 0 Å². The van der Waals surface area contributed by atoms with Crippen LogP contribution in [0.4, 0.5) is 0 Å². The summed E-state index contributed by atoms with van der Waals surface area (Å²) >= 11 is 2.62. The summed E-state index contributed by atoms with van der Waals surface area (Å²) in [7, 11) is 0. The molecule has 1 unspecified atom stereocenters. The lowest BCUT2D eigenvalue weighted by Gasteiger charge is -2.32. The van der Waals surface area contributed by atoms with Gasteiger partial charge in [0.25, 0.3) is 0 Å². The molecule has 0 radical (unpaired) electrons. The Morgan fingerprint density at radius 1 is 0.541 bits per heavy atom. The standard InChI is InChI=1S/C36H33I/c1-20(37)19-36(5,6)34-31-25-17-9-13-21-11-7-15-23(27(21)25)29(31)33(35(2,3)4)30-24-16-8-12-22-14-10-18-26(28(22)24)32(30)34/h7-18,20H,19H2,1-6H3. The number of fused-ring (bicyclic) bond motifs is 6. The monoisotopic (exact) mass is 592 g/mol. The van der Waals surface area contributed by atoms with E-state index in [9.17, 15) is 0 Å². The van der Waals surface area contributed by atoms with Crippen LogP contribution >= 0.6 is 22.6 Å². The highest BCUT2D eigenvalue weighted by Crippen LogP contribution is 2.55. The second-order valence-electron chi connectivity index (χ2n) is 12.8. The summed E-state index contributed by atoms with van der Waals surface area (Å²) in [4.78, 5) is 0. The van der Waals surface area contributed by atoms with Gasteiger partial charge in [0.05, 0.1) is 0 Å². The third-order valence-electron chi connectivity index (χ3n) is 8.61. The molecule has 0 heterocycles. The Morgan fingerprint density at radius 3 is 1.22 bits per heavy atom. The van der Waals surface area contributed by atoms with Gasteiger partial charge in [0.15, 0.2) is 0 Å². The molecule has 1 heteroatoms. The van der Waals surface area contributed by atoms with Crippen molar-refractivity contribution in [2.75, 3.05) is 0 Å². The average Bonchev–Trinajstić information content (AvgIpc) is 3.33. The first kappa shape index (κ1) is 23.5. The molecule has 0 aromatic heterocycles. The molecule has 0 fully saturated rings. The van der Waals surface area contributed by atoms with Crippen molar-refractivity contribution in [1.29, 1.82) is 0 Å². The number of hydrogen-bond donors (Lipinski definition) is 0. The van der Waals surface area contributed by atoms with Crippen molar-refractivity contribution in [3.63, 3.8) is 0 Å². The number of benzene rings is 5. The molecule has 0 aliphatic heterocycles. The third-order valence-corrected chi connectivity index (χ3v) is 9.05. The Kier molecular flexibility index (Phi) is 4.88. The first-order valence-electron chi connectivity index (χ1n) is 13.5. The first-order chi connectivity index (χ1) is 17.6. The molecule has 0 aliphatic carbocycles. The van der Waals surface area contributed by atoms with Crippen LogP contribution < -0.4 is 0 Å². The van der Waals surface area contributed by atoms with Gasteiger partial charge >= 0.3 is 0 Å². The van der Waals surface area contributed by atoms with Gasteiger partial charge in [-0.2, -0.15) is 0 Å². The molecule has 0 saturated heterocycles. The molecule has 0 amide bonds. The van der Waals surface area contributed by atoms with Gasteiger partial charge in [-0.1, -0.05) is 137 Å². The molecule has 0 nitrogen and oxygen atoms in total. The maximum absolute atomic E-state index is 2.62. The van der Waals surface area contributed by atoms with Crippen molar-refractivity contribution in [3.05, 3.63) is 83.9 Å². The fourth-order valence-electron chi connectivity index (χ4n) is 7.57. The third kappa shape index (κ3) is 3.13. The lowest BCUT2D eigenvalue weighted by atomic mass is 9.72. The predicted molar refractivity (Wildman–Crippen MR) is 174 cm³/mol. The fourth-order valence-corrected chi connectivity index (χ4v) is 8.68. The lowest BCUT2D eigenvalue weighted by molar-refractivity contribution is 0.493. The minimum absolute atomic E-state index is 0.0121. The van der Waals surface area contributed by atoms with Crippen LogP contribution in [-0.2, 0) is 10.8 Å². The largest absolute Gasteiger partial charge is 0.0829 e. The molecule has 7 rings (SSSR count). The summed E-state index contributed by atoms with van der Waals surface area (Å²) < 4.78 is 0.584. The Morgan fingerprint density at radius 2 is 0.892 bits per heavy atom. The fraction of sp³-hybridized carbons (Fsp3) is 0.278. The number of alkyl halides is 1. The van der Waals surface area contributed by atoms with Crippen molar-refractivity contribution >= 4 is 87.2 Å². The Labute approximate surface area is 232 Å². The van der Waals surface area contributed by atoms with Crippen LogP contribution in [0.3, 0.4) is 0 Å². The van der Waals surface area contributed by atoms with Gasteiger partial charge in [0.1, 0.15) is 0 Å². The Bertz CT molecular complexity index is 1840. The van der Waals surface area contributed by atoms with Gasteiger partial charge < -0.3 is 0 Å². The molecule has 0 N–H and O–H groups in total. The van der Waals surface area contributed by atoms with Crippen LogP contribution in [-0.4, -0.2) is 3.92 Å². The highest BCUT2D eigenvalue weighted by molar-refractivity contribution is 14.1. The van der Waals surface area contributed by atoms with Crippen molar-refractivity contribution < 1.29 is 0 Å². The lowest BCUT2D eigenvalue weighted by Crippen LogP contribution is -2.22. The number of hydrogen-bond acceptors (Lipinski definition) is 0. The van der Waals surface area contributed by atoms with Crippen LogP contribution in [0, 0.1) is 0 Å². The molecular formula is C36H33I. The number of halogens is 1. The molecule has 0 spiro atoms. The first-order valence-corrected chi connectivity index (χ1v) is 14.8. The van der Waals surface area contributed by atoms with Crippen LogP contribution in [0.2, 0.25) is 0 Å². The summed E-state index contributed by atoms with van der Waals surface area (Å²) in [6.45, 7) is 14.6. The zero-order valence-corrected chi connectivity index (χ0v) is 24.7. The second kappa shape index (κ2) is 7.69. The summed E-state index contributed by atoms with van der Waals surface area (Å²) in [5.74, 6) is 0. The van der Waals surface area contributed by atoms with E-state index in [2.05, 4.69) is 137 Å². The zero-order chi connectivity index (χ0) is 25.9. The van der Waals surface area contributed by atoms with Gasteiger partial charge in [-0.3, -0.25) is 0 Å². The van der Waals surface area contributed by atoms with E-state index < -0.39 is 0 Å². The molecule has 0 bridgehead atoms. The van der Waals surface area contributed by atoms with E-state index in [0.717, 1.165) is 6.42 Å². The zero-order valence-electron chi connectivity index (χ0n) is 22.6. The summed E-state index contributed by atoms with van der Waals surface area (Å²) in [6.07, 6.45) is 1.14. The van der Waals surface area contributed by atoms with Crippen LogP contribution in [0.1, 0.15) is 59.1 Å². The van der Waals surface area contributed by atoms with Gasteiger partial charge in [0.2, 0.25) is 0 Å². The van der Waals surface area contributed by atoms with E-state index in [4.69, 9.17) is 0 Å². The SMILES string of the molecule is CC(I)CC(C)(C)c1c2c3cccc4cccc(c2c(C(C)(C)C)c2c5cccc6cccc(c12)c65)c43. The van der Waals surface area contributed by atoms with E-state index >= 15 is 0 Å². The van der Waals surface area contributed by atoms with Crippen LogP contribution in [0.15, 0.2) is 72.8 Å². The molecule has 37 heavy (non-hydrogen) atoms. The maximum atomic E-state index is 2.62. The van der Waals surface area contributed by atoms with Crippen molar-refractivity contribution in [1.82, 2.24) is 0 Å². The van der Waals surface area contributed by atoms with Crippen molar-refractivity contribution in [2.45, 2.75) is 62.7 Å². The predicted octanol–water partition coefficient (Wildman–Crippen LogP) is 11.3.